The third-order valence-corrected chi connectivity index (χ3v) is 3.06. The molecule has 1 unspecified atom stereocenters. The summed E-state index contributed by atoms with van der Waals surface area (Å²) < 4.78 is 0.776. The summed E-state index contributed by atoms with van der Waals surface area (Å²) >= 11 is 7.74. The van der Waals surface area contributed by atoms with Crippen LogP contribution in [0, 0.1) is 3.57 Å². The fourth-order valence-corrected chi connectivity index (χ4v) is 1.70. The molecule has 1 atom stereocenters. The molecule has 0 heterocycles. The van der Waals surface area contributed by atoms with Crippen molar-refractivity contribution in [2.75, 3.05) is 5.73 Å². The van der Waals surface area contributed by atoms with Gasteiger partial charge in [0.25, 0.3) is 0 Å². The first-order valence-corrected chi connectivity index (χ1v) is 5.28. The Morgan fingerprint density at radius 2 is 2.23 bits per heavy atom. The SMILES string of the molecule is CC(Cl)C(=O)c1cccc(N)c1I. The zero-order valence-corrected chi connectivity index (χ0v) is 9.96. The lowest BCUT2D eigenvalue weighted by atomic mass is 10.1. The van der Waals surface area contributed by atoms with E-state index in [4.69, 9.17) is 17.3 Å². The van der Waals surface area contributed by atoms with E-state index in [1.165, 1.54) is 0 Å². The monoisotopic (exact) mass is 309 g/mol. The number of ketones is 1. The van der Waals surface area contributed by atoms with E-state index in [9.17, 15) is 4.79 Å². The second kappa shape index (κ2) is 4.28. The number of carbonyl (C=O) groups excluding carboxylic acids is 1. The molecule has 1 aromatic rings. The van der Waals surface area contributed by atoms with Crippen molar-refractivity contribution in [2.45, 2.75) is 12.3 Å². The van der Waals surface area contributed by atoms with E-state index < -0.39 is 5.38 Å². The number of Topliss-reactive ketones (excluding diaryl/α,β-unsaturated/α-hetero) is 1. The molecule has 0 radical (unpaired) electrons. The van der Waals surface area contributed by atoms with Crippen LogP contribution in [0.15, 0.2) is 18.2 Å². The number of hydrogen-bond donors (Lipinski definition) is 1. The summed E-state index contributed by atoms with van der Waals surface area (Å²) in [5.74, 6) is -0.0848. The number of hydrogen-bond acceptors (Lipinski definition) is 2. The molecule has 13 heavy (non-hydrogen) atoms. The van der Waals surface area contributed by atoms with E-state index in [0.717, 1.165) is 3.57 Å². The van der Waals surface area contributed by atoms with Gasteiger partial charge >= 0.3 is 0 Å². The van der Waals surface area contributed by atoms with Crippen molar-refractivity contribution < 1.29 is 4.79 Å². The van der Waals surface area contributed by atoms with Crippen molar-refractivity contribution in [1.29, 1.82) is 0 Å². The average Bonchev–Trinajstić information content (AvgIpc) is 2.08. The Bertz CT molecular complexity index is 338. The van der Waals surface area contributed by atoms with Crippen molar-refractivity contribution in [3.63, 3.8) is 0 Å². The summed E-state index contributed by atoms with van der Waals surface area (Å²) in [4.78, 5) is 11.5. The molecule has 0 saturated carbocycles. The Hall–Kier alpha value is -0.290. The van der Waals surface area contributed by atoms with Crippen LogP contribution in [-0.4, -0.2) is 11.2 Å². The number of alkyl halides is 1. The van der Waals surface area contributed by atoms with Crippen molar-refractivity contribution >= 4 is 45.7 Å². The number of benzene rings is 1. The first-order chi connectivity index (χ1) is 6.04. The van der Waals surface area contributed by atoms with Gasteiger partial charge in [-0.3, -0.25) is 4.79 Å². The molecule has 0 spiro atoms. The lowest BCUT2D eigenvalue weighted by Gasteiger charge is -2.06. The maximum absolute atomic E-state index is 11.5. The lowest BCUT2D eigenvalue weighted by molar-refractivity contribution is 0.0991. The number of nitrogens with two attached hydrogens (primary N) is 1. The number of carbonyl (C=O) groups is 1. The van der Waals surface area contributed by atoms with E-state index in [1.807, 2.05) is 22.6 Å². The molecule has 2 nitrogen and oxygen atoms in total. The fourth-order valence-electron chi connectivity index (χ4n) is 0.954. The average molecular weight is 310 g/mol. The van der Waals surface area contributed by atoms with Gasteiger partial charge in [-0.2, -0.15) is 0 Å². The molecule has 0 aliphatic rings. The molecule has 2 N–H and O–H groups in total. The Balaban J connectivity index is 3.15. The molecule has 4 heteroatoms. The zero-order valence-electron chi connectivity index (χ0n) is 7.05. The highest BCUT2D eigenvalue weighted by atomic mass is 127. The van der Waals surface area contributed by atoms with Gasteiger partial charge in [0.15, 0.2) is 5.78 Å². The van der Waals surface area contributed by atoms with Gasteiger partial charge in [-0.15, -0.1) is 11.6 Å². The maximum Gasteiger partial charge on any atom is 0.181 e. The molecular weight excluding hydrogens is 300 g/mol. The molecule has 0 saturated heterocycles. The third-order valence-electron chi connectivity index (χ3n) is 1.66. The Morgan fingerprint density at radius 3 is 2.77 bits per heavy atom. The van der Waals surface area contributed by atoms with Crippen LogP contribution in [-0.2, 0) is 0 Å². The minimum absolute atomic E-state index is 0.0848. The number of nitrogen functional groups attached to an aromatic ring is 1. The van der Waals surface area contributed by atoms with Gasteiger partial charge in [-0.1, -0.05) is 12.1 Å². The standard InChI is InChI=1S/C9H9ClINO/c1-5(10)9(13)6-3-2-4-7(12)8(6)11/h2-5H,12H2,1H3. The third kappa shape index (κ3) is 2.34. The maximum atomic E-state index is 11.5. The summed E-state index contributed by atoms with van der Waals surface area (Å²) in [5.41, 5.74) is 6.87. The second-order valence-electron chi connectivity index (χ2n) is 2.69. The van der Waals surface area contributed by atoms with Gasteiger partial charge in [0.2, 0.25) is 0 Å². The van der Waals surface area contributed by atoms with Crippen molar-refractivity contribution in [1.82, 2.24) is 0 Å². The Morgan fingerprint density at radius 1 is 1.62 bits per heavy atom. The predicted molar refractivity (Wildman–Crippen MR) is 63.2 cm³/mol. The molecule has 0 amide bonds. The summed E-state index contributed by atoms with van der Waals surface area (Å²) in [6.45, 7) is 1.66. The van der Waals surface area contributed by atoms with E-state index in [1.54, 1.807) is 25.1 Å². The lowest BCUT2D eigenvalue weighted by Crippen LogP contribution is -2.12. The molecular formula is C9H9ClINO. The molecule has 0 aliphatic carbocycles. The molecule has 0 aromatic heterocycles. The largest absolute Gasteiger partial charge is 0.398 e. The Kier molecular flexibility index (Phi) is 3.55. The molecule has 0 bridgehead atoms. The molecule has 70 valence electrons. The van der Waals surface area contributed by atoms with Gasteiger partial charge < -0.3 is 5.73 Å². The van der Waals surface area contributed by atoms with E-state index in [2.05, 4.69) is 0 Å². The van der Waals surface area contributed by atoms with Crippen LogP contribution in [0.25, 0.3) is 0 Å². The van der Waals surface area contributed by atoms with Crippen molar-refractivity contribution in [3.8, 4) is 0 Å². The van der Waals surface area contributed by atoms with E-state index in [0.29, 0.717) is 11.3 Å². The van der Waals surface area contributed by atoms with Crippen LogP contribution in [0.5, 0.6) is 0 Å². The van der Waals surface area contributed by atoms with Crippen molar-refractivity contribution in [3.05, 3.63) is 27.3 Å². The number of anilines is 1. The van der Waals surface area contributed by atoms with Gasteiger partial charge in [-0.05, 0) is 35.6 Å². The highest BCUT2D eigenvalue weighted by Crippen LogP contribution is 2.21. The zero-order chi connectivity index (χ0) is 10.0. The molecule has 1 rings (SSSR count). The summed E-state index contributed by atoms with van der Waals surface area (Å²) in [6.07, 6.45) is 0. The Labute approximate surface area is 95.6 Å². The van der Waals surface area contributed by atoms with Crippen LogP contribution < -0.4 is 5.73 Å². The van der Waals surface area contributed by atoms with Crippen LogP contribution in [0.1, 0.15) is 17.3 Å². The first kappa shape index (κ1) is 10.8. The van der Waals surface area contributed by atoms with Crippen LogP contribution in [0.2, 0.25) is 0 Å². The van der Waals surface area contributed by atoms with Crippen LogP contribution >= 0.6 is 34.2 Å². The fraction of sp³-hybridized carbons (Fsp3) is 0.222. The smallest absolute Gasteiger partial charge is 0.181 e. The topological polar surface area (TPSA) is 43.1 Å². The summed E-state index contributed by atoms with van der Waals surface area (Å²) in [7, 11) is 0. The highest BCUT2D eigenvalue weighted by Gasteiger charge is 2.15. The molecule has 0 aliphatic heterocycles. The summed E-state index contributed by atoms with van der Waals surface area (Å²) in [6, 6.07) is 5.25. The first-order valence-electron chi connectivity index (χ1n) is 3.76. The molecule has 1 aromatic carbocycles. The van der Waals surface area contributed by atoms with Gasteiger partial charge in [0.05, 0.1) is 5.38 Å². The molecule has 0 fully saturated rings. The van der Waals surface area contributed by atoms with Crippen LogP contribution in [0.3, 0.4) is 0 Å². The minimum atomic E-state index is -0.504. The van der Waals surface area contributed by atoms with Gasteiger partial charge in [0, 0.05) is 14.8 Å². The second-order valence-corrected chi connectivity index (χ2v) is 4.42. The highest BCUT2D eigenvalue weighted by molar-refractivity contribution is 14.1. The summed E-state index contributed by atoms with van der Waals surface area (Å²) in [5, 5.41) is -0.504. The minimum Gasteiger partial charge on any atom is -0.398 e. The number of halogens is 2. The van der Waals surface area contributed by atoms with Gasteiger partial charge in [0.1, 0.15) is 0 Å². The van der Waals surface area contributed by atoms with E-state index in [-0.39, 0.29) is 5.78 Å². The van der Waals surface area contributed by atoms with Gasteiger partial charge in [-0.25, -0.2) is 0 Å². The van der Waals surface area contributed by atoms with E-state index >= 15 is 0 Å². The van der Waals surface area contributed by atoms with Crippen molar-refractivity contribution in [2.24, 2.45) is 0 Å². The predicted octanol–water partition coefficient (Wildman–Crippen LogP) is 2.68. The quantitative estimate of drug-likeness (QED) is 0.395. The number of rotatable bonds is 2. The normalized spacial score (nSPS) is 12.5. The van der Waals surface area contributed by atoms with Crippen LogP contribution in [0.4, 0.5) is 5.69 Å².